The summed E-state index contributed by atoms with van der Waals surface area (Å²) in [6, 6.07) is 4.26. The molecule has 1 saturated heterocycles. The van der Waals surface area contributed by atoms with Gasteiger partial charge in [0.1, 0.15) is 12.3 Å². The van der Waals surface area contributed by atoms with Crippen LogP contribution < -0.4 is 10.5 Å². The van der Waals surface area contributed by atoms with Gasteiger partial charge in [0.15, 0.2) is 5.58 Å². The van der Waals surface area contributed by atoms with Gasteiger partial charge in [0.05, 0.1) is 18.2 Å². The number of aromatic hydroxyl groups is 1. The van der Waals surface area contributed by atoms with Crippen molar-refractivity contribution in [2.45, 2.75) is 58.0 Å². The molecule has 1 aliphatic carbocycles. The number of phenols is 1. The molecule has 4 heteroatoms. The third kappa shape index (κ3) is 2.45. The SMILES string of the molecule is C[C@H]1CCCC[NH+]1Cc1c(O)ccc2c3c(c(=O)oc12)CCC3. The van der Waals surface area contributed by atoms with Gasteiger partial charge < -0.3 is 14.4 Å². The first-order chi connectivity index (χ1) is 11.1. The van der Waals surface area contributed by atoms with Gasteiger partial charge in [-0.15, -0.1) is 0 Å². The number of likely N-dealkylation sites (tertiary alicyclic amines) is 1. The second kappa shape index (κ2) is 5.68. The number of nitrogens with one attached hydrogen (secondary N) is 1. The van der Waals surface area contributed by atoms with E-state index in [1.54, 1.807) is 6.07 Å². The number of rotatable bonds is 2. The molecule has 0 spiro atoms. The molecule has 0 bridgehead atoms. The number of hydrogen-bond acceptors (Lipinski definition) is 3. The lowest BCUT2D eigenvalue weighted by molar-refractivity contribution is -0.941. The number of benzene rings is 1. The number of quaternary nitrogens is 1. The summed E-state index contributed by atoms with van der Waals surface area (Å²) in [4.78, 5) is 13.8. The zero-order chi connectivity index (χ0) is 16.0. The standard InChI is InChI=1S/C19H23NO3/c1-12-5-2-3-10-20(12)11-16-17(21)9-8-14-13-6-4-7-15(13)19(22)23-18(14)16/h8-9,12,21H,2-7,10-11H2,1H3/p+1/t12-/m0/s1. The molecule has 2 aliphatic rings. The molecule has 4 nitrogen and oxygen atoms in total. The zero-order valence-corrected chi connectivity index (χ0v) is 13.7. The van der Waals surface area contributed by atoms with Crippen molar-refractivity contribution in [3.63, 3.8) is 0 Å². The van der Waals surface area contributed by atoms with Crippen molar-refractivity contribution < 1.29 is 14.4 Å². The maximum absolute atomic E-state index is 12.3. The van der Waals surface area contributed by atoms with Crippen LogP contribution in [0.4, 0.5) is 0 Å². The molecule has 1 aromatic carbocycles. The quantitative estimate of drug-likeness (QED) is 0.833. The first kappa shape index (κ1) is 14.8. The number of hydrogen-bond donors (Lipinski definition) is 2. The predicted octanol–water partition coefficient (Wildman–Crippen LogP) is 1.94. The van der Waals surface area contributed by atoms with Gasteiger partial charge in [0.25, 0.3) is 0 Å². The Morgan fingerprint density at radius 3 is 2.87 bits per heavy atom. The molecule has 0 saturated carbocycles. The van der Waals surface area contributed by atoms with Crippen molar-refractivity contribution in [1.29, 1.82) is 0 Å². The van der Waals surface area contributed by atoms with Gasteiger partial charge in [-0.3, -0.25) is 0 Å². The molecule has 23 heavy (non-hydrogen) atoms. The molecule has 1 aromatic heterocycles. The largest absolute Gasteiger partial charge is 0.507 e. The zero-order valence-electron chi connectivity index (χ0n) is 13.7. The Morgan fingerprint density at radius 2 is 2.04 bits per heavy atom. The van der Waals surface area contributed by atoms with Crippen LogP contribution in [0.5, 0.6) is 5.75 Å². The molecular weight excluding hydrogens is 290 g/mol. The number of piperidine rings is 1. The lowest BCUT2D eigenvalue weighted by Gasteiger charge is -2.30. The van der Waals surface area contributed by atoms with Crippen molar-refractivity contribution in [2.24, 2.45) is 0 Å². The van der Waals surface area contributed by atoms with Crippen LogP contribution >= 0.6 is 0 Å². The molecule has 1 unspecified atom stereocenters. The molecule has 122 valence electrons. The molecule has 1 aliphatic heterocycles. The van der Waals surface area contributed by atoms with Crippen LogP contribution in [-0.2, 0) is 19.4 Å². The van der Waals surface area contributed by atoms with E-state index >= 15 is 0 Å². The van der Waals surface area contributed by atoms with E-state index in [0.29, 0.717) is 11.6 Å². The molecule has 2 heterocycles. The van der Waals surface area contributed by atoms with Gasteiger partial charge >= 0.3 is 5.63 Å². The maximum Gasteiger partial charge on any atom is 0.339 e. The molecule has 0 amide bonds. The van der Waals surface area contributed by atoms with E-state index in [1.165, 1.54) is 24.2 Å². The van der Waals surface area contributed by atoms with Crippen LogP contribution in [-0.4, -0.2) is 17.7 Å². The molecule has 2 N–H and O–H groups in total. The highest BCUT2D eigenvalue weighted by molar-refractivity contribution is 5.86. The summed E-state index contributed by atoms with van der Waals surface area (Å²) >= 11 is 0. The fourth-order valence-corrected chi connectivity index (χ4v) is 4.31. The topological polar surface area (TPSA) is 54.9 Å². The maximum atomic E-state index is 12.3. The first-order valence-electron chi connectivity index (χ1n) is 8.79. The van der Waals surface area contributed by atoms with Gasteiger partial charge in [0, 0.05) is 10.9 Å². The Labute approximate surface area is 135 Å². The summed E-state index contributed by atoms with van der Waals surface area (Å²) in [6.07, 6.45) is 6.51. The average Bonchev–Trinajstić information content (AvgIpc) is 3.03. The van der Waals surface area contributed by atoms with Gasteiger partial charge in [-0.1, -0.05) is 0 Å². The second-order valence-electron chi connectivity index (χ2n) is 7.12. The minimum atomic E-state index is -0.210. The van der Waals surface area contributed by atoms with Crippen LogP contribution in [0.3, 0.4) is 0 Å². The Morgan fingerprint density at radius 1 is 1.22 bits per heavy atom. The number of phenolic OH excluding ortho intramolecular Hbond substituents is 1. The van der Waals surface area contributed by atoms with E-state index in [2.05, 4.69) is 6.92 Å². The van der Waals surface area contributed by atoms with Crippen LogP contribution in [0, 0.1) is 0 Å². The van der Waals surface area contributed by atoms with E-state index in [0.717, 1.165) is 54.4 Å². The van der Waals surface area contributed by atoms with E-state index < -0.39 is 0 Å². The van der Waals surface area contributed by atoms with E-state index in [4.69, 9.17) is 4.42 Å². The third-order valence-corrected chi connectivity index (χ3v) is 5.71. The van der Waals surface area contributed by atoms with Gasteiger partial charge in [-0.05, 0) is 63.1 Å². The fourth-order valence-electron chi connectivity index (χ4n) is 4.31. The molecular formula is C19H24NO3+. The summed E-state index contributed by atoms with van der Waals surface area (Å²) in [5.41, 5.74) is 3.18. The number of aryl methyl sites for hydroxylation is 1. The lowest BCUT2D eigenvalue weighted by atomic mass is 10.00. The minimum absolute atomic E-state index is 0.210. The Hall–Kier alpha value is -1.81. The molecule has 1 fully saturated rings. The molecule has 2 aromatic rings. The van der Waals surface area contributed by atoms with Gasteiger partial charge in [0.2, 0.25) is 0 Å². The summed E-state index contributed by atoms with van der Waals surface area (Å²) < 4.78 is 5.66. The van der Waals surface area contributed by atoms with E-state index in [1.807, 2.05) is 6.07 Å². The molecule has 4 rings (SSSR count). The normalized spacial score (nSPS) is 24.0. The van der Waals surface area contributed by atoms with E-state index in [-0.39, 0.29) is 11.4 Å². The Balaban J connectivity index is 1.84. The van der Waals surface area contributed by atoms with Crippen molar-refractivity contribution >= 4 is 11.0 Å². The lowest BCUT2D eigenvalue weighted by Crippen LogP contribution is -3.14. The summed E-state index contributed by atoms with van der Waals surface area (Å²) in [7, 11) is 0. The fraction of sp³-hybridized carbons (Fsp3) is 0.526. The summed E-state index contributed by atoms with van der Waals surface area (Å²) in [5, 5.41) is 11.4. The van der Waals surface area contributed by atoms with Crippen LogP contribution in [0.2, 0.25) is 0 Å². The summed E-state index contributed by atoms with van der Waals surface area (Å²) in [5.74, 6) is 0.254. The van der Waals surface area contributed by atoms with Crippen molar-refractivity contribution in [2.75, 3.05) is 6.54 Å². The minimum Gasteiger partial charge on any atom is -0.507 e. The van der Waals surface area contributed by atoms with E-state index in [9.17, 15) is 9.90 Å². The van der Waals surface area contributed by atoms with Crippen molar-refractivity contribution in [1.82, 2.24) is 0 Å². The average molecular weight is 314 g/mol. The summed E-state index contributed by atoms with van der Waals surface area (Å²) in [6.45, 7) is 4.11. The second-order valence-corrected chi connectivity index (χ2v) is 7.12. The third-order valence-electron chi connectivity index (χ3n) is 5.71. The van der Waals surface area contributed by atoms with Gasteiger partial charge in [-0.25, -0.2) is 4.79 Å². The van der Waals surface area contributed by atoms with Crippen LogP contribution in [0.15, 0.2) is 21.3 Å². The molecule has 0 radical (unpaired) electrons. The van der Waals surface area contributed by atoms with Crippen LogP contribution in [0.1, 0.15) is 49.3 Å². The number of fused-ring (bicyclic) bond motifs is 3. The predicted molar refractivity (Wildman–Crippen MR) is 89.0 cm³/mol. The first-order valence-corrected chi connectivity index (χ1v) is 8.79. The highest BCUT2D eigenvalue weighted by Crippen LogP contribution is 2.32. The van der Waals surface area contributed by atoms with Crippen LogP contribution in [0.25, 0.3) is 11.0 Å². The Kier molecular flexibility index (Phi) is 3.64. The van der Waals surface area contributed by atoms with Crippen molar-refractivity contribution in [3.8, 4) is 5.75 Å². The van der Waals surface area contributed by atoms with Gasteiger partial charge in [-0.2, -0.15) is 0 Å². The Bertz CT molecular complexity index is 808. The highest BCUT2D eigenvalue weighted by atomic mass is 16.4. The highest BCUT2D eigenvalue weighted by Gasteiger charge is 2.27. The monoisotopic (exact) mass is 314 g/mol. The van der Waals surface area contributed by atoms with Crippen molar-refractivity contribution in [3.05, 3.63) is 39.2 Å². The smallest absolute Gasteiger partial charge is 0.339 e. The molecule has 2 atom stereocenters.